The number of benzene rings is 2. The number of methoxy groups -OCH3 is 1. The second kappa shape index (κ2) is 9.32. The van der Waals surface area contributed by atoms with Crippen molar-refractivity contribution < 1.29 is 9.53 Å². The summed E-state index contributed by atoms with van der Waals surface area (Å²) >= 11 is 7.55. The zero-order valence-electron chi connectivity index (χ0n) is 17.6. The standard InChI is InChI=1S/C23H24ClN3O3S/c1-15-12-19(20(30-2)13-17(15)24)27-22(29)16-8-4-5-9-18(16)25-23(27)31-14-21(28)26-10-6-3-7-11-26/h4-5,8-9,12-13H,3,6-7,10-11,14H2,1-2H3. The van der Waals surface area contributed by atoms with Crippen LogP contribution in [0.25, 0.3) is 16.6 Å². The Bertz CT molecular complexity index is 1190. The minimum absolute atomic E-state index is 0.0675. The first-order valence-corrected chi connectivity index (χ1v) is 11.6. The minimum atomic E-state index is -0.210. The predicted octanol–water partition coefficient (Wildman–Crippen LogP) is 4.46. The normalized spacial score (nSPS) is 14.1. The van der Waals surface area contributed by atoms with E-state index in [0.29, 0.717) is 32.5 Å². The first kappa shape index (κ1) is 21.7. The summed E-state index contributed by atoms with van der Waals surface area (Å²) in [4.78, 5) is 32.8. The number of likely N-dealkylation sites (tertiary alicyclic amines) is 1. The summed E-state index contributed by atoms with van der Waals surface area (Å²) in [5, 5.41) is 1.51. The number of piperidine rings is 1. The number of rotatable bonds is 5. The summed E-state index contributed by atoms with van der Waals surface area (Å²) in [6.45, 7) is 3.46. The highest BCUT2D eigenvalue weighted by atomic mass is 35.5. The molecule has 6 nitrogen and oxygen atoms in total. The Labute approximate surface area is 190 Å². The van der Waals surface area contributed by atoms with Crippen LogP contribution in [0.2, 0.25) is 5.02 Å². The van der Waals surface area contributed by atoms with Crippen LogP contribution in [-0.4, -0.2) is 46.3 Å². The Hall–Kier alpha value is -2.51. The third-order valence-electron chi connectivity index (χ3n) is 5.48. The van der Waals surface area contributed by atoms with Crippen molar-refractivity contribution in [3.05, 3.63) is 57.3 Å². The number of halogens is 1. The largest absolute Gasteiger partial charge is 0.495 e. The number of fused-ring (bicyclic) bond motifs is 1. The van der Waals surface area contributed by atoms with Crippen molar-refractivity contribution in [1.82, 2.24) is 14.5 Å². The van der Waals surface area contributed by atoms with E-state index in [9.17, 15) is 9.59 Å². The highest BCUT2D eigenvalue weighted by Gasteiger charge is 2.21. The van der Waals surface area contributed by atoms with Crippen LogP contribution < -0.4 is 10.3 Å². The number of aromatic nitrogens is 2. The van der Waals surface area contributed by atoms with Crippen LogP contribution >= 0.6 is 23.4 Å². The van der Waals surface area contributed by atoms with E-state index in [1.54, 1.807) is 12.1 Å². The molecule has 0 bridgehead atoms. The van der Waals surface area contributed by atoms with Crippen molar-refractivity contribution in [2.45, 2.75) is 31.3 Å². The van der Waals surface area contributed by atoms with Gasteiger partial charge in [0.1, 0.15) is 5.75 Å². The molecule has 8 heteroatoms. The van der Waals surface area contributed by atoms with Crippen LogP contribution in [0.15, 0.2) is 46.3 Å². The molecule has 0 saturated carbocycles. The summed E-state index contributed by atoms with van der Waals surface area (Å²) in [7, 11) is 1.54. The van der Waals surface area contributed by atoms with Gasteiger partial charge in [-0.15, -0.1) is 0 Å². The molecule has 0 aliphatic carbocycles. The van der Waals surface area contributed by atoms with E-state index >= 15 is 0 Å². The van der Waals surface area contributed by atoms with Crippen molar-refractivity contribution in [2.24, 2.45) is 0 Å². The number of nitrogens with zero attached hydrogens (tertiary/aromatic N) is 3. The molecule has 4 rings (SSSR count). The summed E-state index contributed by atoms with van der Waals surface area (Å²) in [5.74, 6) is 0.761. The fourth-order valence-corrected chi connectivity index (χ4v) is 4.83. The van der Waals surface area contributed by atoms with Crippen molar-refractivity contribution in [1.29, 1.82) is 0 Å². The van der Waals surface area contributed by atoms with E-state index in [-0.39, 0.29) is 17.2 Å². The number of para-hydroxylation sites is 1. The van der Waals surface area contributed by atoms with Crippen LogP contribution in [0, 0.1) is 6.92 Å². The number of carbonyl (C=O) groups is 1. The molecule has 31 heavy (non-hydrogen) atoms. The van der Waals surface area contributed by atoms with Gasteiger partial charge in [0.05, 0.1) is 29.5 Å². The highest BCUT2D eigenvalue weighted by molar-refractivity contribution is 7.99. The molecule has 0 atom stereocenters. The van der Waals surface area contributed by atoms with Gasteiger partial charge < -0.3 is 9.64 Å². The molecule has 0 radical (unpaired) electrons. The lowest BCUT2D eigenvalue weighted by Crippen LogP contribution is -2.36. The average molecular weight is 458 g/mol. The second-order valence-corrected chi connectivity index (χ2v) is 8.91. The molecule has 1 aromatic heterocycles. The summed E-state index contributed by atoms with van der Waals surface area (Å²) in [6, 6.07) is 10.7. The van der Waals surface area contributed by atoms with Gasteiger partial charge in [-0.3, -0.25) is 14.2 Å². The van der Waals surface area contributed by atoms with Crippen LogP contribution in [0.1, 0.15) is 24.8 Å². The molecule has 1 saturated heterocycles. The average Bonchev–Trinajstić information content (AvgIpc) is 2.80. The molecule has 2 aromatic carbocycles. The van der Waals surface area contributed by atoms with Crippen LogP contribution in [0.4, 0.5) is 0 Å². The molecule has 1 amide bonds. The fourth-order valence-electron chi connectivity index (χ4n) is 3.77. The van der Waals surface area contributed by atoms with Crippen molar-refractivity contribution >= 4 is 40.2 Å². The Kier molecular flexibility index (Phi) is 6.53. The molecular weight excluding hydrogens is 434 g/mol. The van der Waals surface area contributed by atoms with E-state index in [4.69, 9.17) is 21.3 Å². The maximum Gasteiger partial charge on any atom is 0.266 e. The molecule has 0 N–H and O–H groups in total. The summed E-state index contributed by atoms with van der Waals surface area (Å²) < 4.78 is 7.05. The van der Waals surface area contributed by atoms with Gasteiger partial charge in [0, 0.05) is 24.2 Å². The van der Waals surface area contributed by atoms with Gasteiger partial charge in [-0.05, 0) is 49.9 Å². The maximum absolute atomic E-state index is 13.5. The van der Waals surface area contributed by atoms with E-state index in [1.165, 1.54) is 29.9 Å². The fraction of sp³-hybridized carbons (Fsp3) is 0.348. The Balaban J connectivity index is 1.80. The third kappa shape index (κ3) is 4.43. The van der Waals surface area contributed by atoms with Crippen molar-refractivity contribution in [3.63, 3.8) is 0 Å². The molecular formula is C23H24ClN3O3S. The molecule has 2 heterocycles. The van der Waals surface area contributed by atoms with E-state index in [2.05, 4.69) is 0 Å². The van der Waals surface area contributed by atoms with Crippen LogP contribution in [0.5, 0.6) is 5.75 Å². The Morgan fingerprint density at radius 1 is 1.19 bits per heavy atom. The molecule has 1 aliphatic rings. The lowest BCUT2D eigenvalue weighted by molar-refractivity contribution is -0.129. The smallest absolute Gasteiger partial charge is 0.266 e. The first-order valence-electron chi connectivity index (χ1n) is 10.3. The lowest BCUT2D eigenvalue weighted by Gasteiger charge is -2.26. The number of hydrogen-bond acceptors (Lipinski definition) is 5. The second-order valence-electron chi connectivity index (χ2n) is 7.56. The number of aryl methyl sites for hydroxylation is 1. The quantitative estimate of drug-likeness (QED) is 0.418. The molecule has 1 aliphatic heterocycles. The topological polar surface area (TPSA) is 64.4 Å². The first-order chi connectivity index (χ1) is 15.0. The molecule has 3 aromatic rings. The van der Waals surface area contributed by atoms with Gasteiger partial charge in [-0.2, -0.15) is 0 Å². The SMILES string of the molecule is COc1cc(Cl)c(C)cc1-n1c(SCC(=O)N2CCCCC2)nc2ccccc2c1=O. The van der Waals surface area contributed by atoms with Gasteiger partial charge >= 0.3 is 0 Å². The van der Waals surface area contributed by atoms with Gasteiger partial charge in [0.15, 0.2) is 5.16 Å². The Morgan fingerprint density at radius 2 is 1.94 bits per heavy atom. The lowest BCUT2D eigenvalue weighted by atomic mass is 10.1. The third-order valence-corrected chi connectivity index (χ3v) is 6.81. The number of thioether (sulfide) groups is 1. The minimum Gasteiger partial charge on any atom is -0.495 e. The maximum atomic E-state index is 13.5. The summed E-state index contributed by atoms with van der Waals surface area (Å²) in [6.07, 6.45) is 3.24. The van der Waals surface area contributed by atoms with E-state index in [1.807, 2.05) is 36.1 Å². The van der Waals surface area contributed by atoms with Crippen molar-refractivity contribution in [3.8, 4) is 11.4 Å². The van der Waals surface area contributed by atoms with Gasteiger partial charge in [0.25, 0.3) is 5.56 Å². The Morgan fingerprint density at radius 3 is 2.68 bits per heavy atom. The van der Waals surface area contributed by atoms with Gasteiger partial charge in [-0.1, -0.05) is 35.5 Å². The number of amides is 1. The van der Waals surface area contributed by atoms with Crippen LogP contribution in [0.3, 0.4) is 0 Å². The summed E-state index contributed by atoms with van der Waals surface area (Å²) in [5.41, 5.74) is 1.76. The molecule has 162 valence electrons. The van der Waals surface area contributed by atoms with E-state index < -0.39 is 0 Å². The van der Waals surface area contributed by atoms with Crippen molar-refractivity contribution in [2.75, 3.05) is 26.0 Å². The molecule has 0 spiro atoms. The van der Waals surface area contributed by atoms with Crippen LogP contribution in [-0.2, 0) is 4.79 Å². The number of ether oxygens (including phenoxy) is 1. The predicted molar refractivity (Wildman–Crippen MR) is 125 cm³/mol. The molecule has 1 fully saturated rings. The van der Waals surface area contributed by atoms with Gasteiger partial charge in [0.2, 0.25) is 5.91 Å². The zero-order chi connectivity index (χ0) is 22.0. The number of hydrogen-bond donors (Lipinski definition) is 0. The number of carbonyl (C=O) groups excluding carboxylic acids is 1. The highest BCUT2D eigenvalue weighted by Crippen LogP contribution is 2.32. The molecule has 0 unspecified atom stereocenters. The monoisotopic (exact) mass is 457 g/mol. The zero-order valence-corrected chi connectivity index (χ0v) is 19.1. The van der Waals surface area contributed by atoms with Gasteiger partial charge in [-0.25, -0.2) is 4.98 Å². The van der Waals surface area contributed by atoms with E-state index in [0.717, 1.165) is 31.5 Å².